The first-order valence-electron chi connectivity index (χ1n) is 3.64. The van der Waals surface area contributed by atoms with Gasteiger partial charge < -0.3 is 5.73 Å². The molecule has 1 aromatic rings. The molecule has 2 N–H and O–H groups in total. The normalized spacial score (nSPS) is 16.0. The van der Waals surface area contributed by atoms with Crippen LogP contribution in [0.1, 0.15) is 0 Å². The number of aromatic nitrogens is 3. The van der Waals surface area contributed by atoms with Crippen LogP contribution in [0.15, 0.2) is 16.6 Å². The molecular weight excluding hydrogens is 174 g/mol. The van der Waals surface area contributed by atoms with Gasteiger partial charge >= 0.3 is 0 Å². The number of anilines is 1. The summed E-state index contributed by atoms with van der Waals surface area (Å²) < 4.78 is 1.27. The molecule has 0 unspecified atom stereocenters. The Morgan fingerprint density at radius 2 is 2.46 bits per heavy atom. The van der Waals surface area contributed by atoms with Gasteiger partial charge in [-0.15, -0.1) is 4.91 Å². The van der Waals surface area contributed by atoms with Gasteiger partial charge in [0.1, 0.15) is 6.33 Å². The van der Waals surface area contributed by atoms with Crippen LogP contribution in [0.2, 0.25) is 0 Å². The van der Waals surface area contributed by atoms with Crippen molar-refractivity contribution in [1.82, 2.24) is 19.8 Å². The van der Waals surface area contributed by atoms with E-state index in [4.69, 9.17) is 5.73 Å². The predicted octanol–water partition coefficient (Wildman–Crippen LogP) is -0.939. The molecule has 0 saturated carbocycles. The second-order valence-corrected chi connectivity index (χ2v) is 2.42. The van der Waals surface area contributed by atoms with Gasteiger partial charge in [0.2, 0.25) is 11.9 Å². The fraction of sp³-hybridized carbons (Fsp3) is 0.400. The van der Waals surface area contributed by atoms with Gasteiger partial charge in [0.15, 0.2) is 0 Å². The van der Waals surface area contributed by atoms with Gasteiger partial charge in [0.05, 0.1) is 18.4 Å². The lowest BCUT2D eigenvalue weighted by Crippen LogP contribution is -2.29. The molecule has 1 aliphatic rings. The molecular formula is C5H7N7O. The molecule has 0 spiro atoms. The monoisotopic (exact) mass is 181 g/mol. The van der Waals surface area contributed by atoms with E-state index in [1.807, 2.05) is 0 Å². The number of hydrogen-bond donors (Lipinski definition) is 1. The molecule has 1 aromatic heterocycles. The smallest absolute Gasteiger partial charge is 0.248 e. The Kier molecular flexibility index (Phi) is 1.65. The molecule has 0 atom stereocenters. The molecule has 0 radical (unpaired) electrons. The van der Waals surface area contributed by atoms with E-state index < -0.39 is 0 Å². The van der Waals surface area contributed by atoms with Gasteiger partial charge in [-0.2, -0.15) is 19.8 Å². The minimum atomic E-state index is 0.189. The van der Waals surface area contributed by atoms with E-state index in [2.05, 4.69) is 20.4 Å². The lowest BCUT2D eigenvalue weighted by molar-refractivity contribution is 0.464. The Morgan fingerprint density at radius 1 is 1.62 bits per heavy atom. The van der Waals surface area contributed by atoms with Crippen molar-refractivity contribution in [3.05, 3.63) is 11.2 Å². The minimum Gasteiger partial charge on any atom is -0.368 e. The molecule has 0 amide bonds. The highest BCUT2D eigenvalue weighted by atomic mass is 16.3. The molecule has 8 nitrogen and oxygen atoms in total. The fourth-order valence-electron chi connectivity index (χ4n) is 1.08. The average Bonchev–Trinajstić information content (AvgIpc) is 2.71. The first-order valence-corrected chi connectivity index (χ1v) is 3.64. The Hall–Kier alpha value is -1.99. The zero-order valence-electron chi connectivity index (χ0n) is 6.66. The van der Waals surface area contributed by atoms with E-state index in [-0.39, 0.29) is 5.95 Å². The Labute approximate surface area is 73.0 Å². The van der Waals surface area contributed by atoms with Gasteiger partial charge in [-0.05, 0) is 0 Å². The Balaban J connectivity index is 2.36. The molecule has 0 fully saturated rings. The summed E-state index contributed by atoms with van der Waals surface area (Å²) in [6.45, 7) is 0.971. The summed E-state index contributed by atoms with van der Waals surface area (Å²) in [4.78, 5) is 18.0. The van der Waals surface area contributed by atoms with Crippen LogP contribution in [0.3, 0.4) is 0 Å². The number of hydrogen-bond acceptors (Lipinski definition) is 6. The van der Waals surface area contributed by atoms with Crippen LogP contribution in [-0.2, 0) is 0 Å². The maximum atomic E-state index is 10.3. The third-order valence-electron chi connectivity index (χ3n) is 1.66. The molecule has 8 heteroatoms. The van der Waals surface area contributed by atoms with Crippen LogP contribution >= 0.6 is 0 Å². The summed E-state index contributed by atoms with van der Waals surface area (Å²) in [5, 5.41) is 7.77. The first kappa shape index (κ1) is 7.65. The van der Waals surface area contributed by atoms with Crippen molar-refractivity contribution in [3.63, 3.8) is 0 Å². The summed E-state index contributed by atoms with van der Waals surface area (Å²) >= 11 is 0. The van der Waals surface area contributed by atoms with E-state index in [1.165, 1.54) is 16.0 Å². The largest absolute Gasteiger partial charge is 0.368 e. The van der Waals surface area contributed by atoms with Crippen LogP contribution in [0.5, 0.6) is 0 Å². The fourth-order valence-corrected chi connectivity index (χ4v) is 1.08. The van der Waals surface area contributed by atoms with Gasteiger partial charge in [0, 0.05) is 0 Å². The number of rotatable bonds is 1. The second kappa shape index (κ2) is 2.81. The van der Waals surface area contributed by atoms with Crippen LogP contribution in [0.25, 0.3) is 0 Å². The van der Waals surface area contributed by atoms with Crippen LogP contribution in [0, 0.1) is 4.91 Å². The summed E-state index contributed by atoms with van der Waals surface area (Å²) in [5.41, 5.74) is 5.48. The number of nitrogens with two attached hydrogens (primary N) is 1. The van der Waals surface area contributed by atoms with E-state index in [0.717, 1.165) is 0 Å². The zero-order valence-corrected chi connectivity index (χ0v) is 6.66. The molecule has 0 saturated heterocycles. The maximum absolute atomic E-state index is 10.3. The standard InChI is InChI=1S/C5H7N7O/c6-4-8-3-9-12(4)5-7-1-2-11(5)10-13/h3H,1-2H2,(H2,6,8,9). The van der Waals surface area contributed by atoms with Crippen molar-refractivity contribution in [2.45, 2.75) is 0 Å². The highest BCUT2D eigenvalue weighted by Crippen LogP contribution is 2.06. The van der Waals surface area contributed by atoms with Gasteiger partial charge in [-0.25, -0.2) is 4.99 Å². The van der Waals surface area contributed by atoms with Crippen LogP contribution in [-0.4, -0.2) is 38.8 Å². The van der Waals surface area contributed by atoms with Crippen molar-refractivity contribution in [2.24, 2.45) is 10.3 Å². The van der Waals surface area contributed by atoms with Crippen molar-refractivity contribution in [3.8, 4) is 0 Å². The third-order valence-corrected chi connectivity index (χ3v) is 1.66. The number of aliphatic imine (C=N–C) groups is 1. The van der Waals surface area contributed by atoms with Crippen molar-refractivity contribution in [2.75, 3.05) is 18.8 Å². The maximum Gasteiger partial charge on any atom is 0.248 e. The van der Waals surface area contributed by atoms with Gasteiger partial charge in [-0.1, -0.05) is 0 Å². The average molecular weight is 181 g/mol. The summed E-state index contributed by atoms with van der Waals surface area (Å²) in [5.74, 6) is 0.513. The van der Waals surface area contributed by atoms with E-state index >= 15 is 0 Å². The quantitative estimate of drug-likeness (QED) is 0.563. The predicted molar refractivity (Wildman–Crippen MR) is 44.6 cm³/mol. The molecule has 68 valence electrons. The highest BCUT2D eigenvalue weighted by Gasteiger charge is 2.21. The SMILES string of the molecule is Nc1ncnn1C1=NCCN1N=O. The van der Waals surface area contributed by atoms with Crippen molar-refractivity contribution >= 4 is 11.9 Å². The molecule has 0 aromatic carbocycles. The summed E-state index contributed by atoms with van der Waals surface area (Å²) in [7, 11) is 0. The molecule has 2 rings (SSSR count). The first-order chi connectivity index (χ1) is 6.33. The highest BCUT2D eigenvalue weighted by molar-refractivity contribution is 5.84. The van der Waals surface area contributed by atoms with E-state index in [1.54, 1.807) is 0 Å². The number of nitroso groups, excluding NO2 is 1. The van der Waals surface area contributed by atoms with Crippen LogP contribution in [0.4, 0.5) is 5.95 Å². The summed E-state index contributed by atoms with van der Waals surface area (Å²) in [6, 6.07) is 0. The zero-order chi connectivity index (χ0) is 9.26. The molecule has 13 heavy (non-hydrogen) atoms. The van der Waals surface area contributed by atoms with Crippen molar-refractivity contribution in [1.29, 1.82) is 0 Å². The third kappa shape index (κ3) is 1.11. The second-order valence-electron chi connectivity index (χ2n) is 2.42. The lowest BCUT2D eigenvalue weighted by atomic mass is 10.7. The van der Waals surface area contributed by atoms with Crippen LogP contribution < -0.4 is 5.73 Å². The van der Waals surface area contributed by atoms with E-state index in [9.17, 15) is 4.91 Å². The summed E-state index contributed by atoms with van der Waals surface area (Å²) in [6.07, 6.45) is 1.29. The van der Waals surface area contributed by atoms with E-state index in [0.29, 0.717) is 19.0 Å². The Morgan fingerprint density at radius 3 is 3.08 bits per heavy atom. The van der Waals surface area contributed by atoms with Crippen molar-refractivity contribution < 1.29 is 0 Å². The topological polar surface area (TPSA) is 102 Å². The van der Waals surface area contributed by atoms with Gasteiger partial charge in [0.25, 0.3) is 0 Å². The lowest BCUT2D eigenvalue weighted by Gasteiger charge is -2.08. The molecule has 2 heterocycles. The number of nitrogen functional groups attached to an aromatic ring is 1. The molecule has 1 aliphatic heterocycles. The minimum absolute atomic E-state index is 0.189. The Bertz CT molecular complexity index is 356. The molecule has 0 bridgehead atoms. The van der Waals surface area contributed by atoms with Gasteiger partial charge in [-0.3, -0.25) is 0 Å². The number of nitrogens with zero attached hydrogens (tertiary/aromatic N) is 6. The molecule has 0 aliphatic carbocycles.